The summed E-state index contributed by atoms with van der Waals surface area (Å²) in [6.45, 7) is 0.492. The molecule has 0 spiro atoms. The minimum Gasteiger partial charge on any atom is -0.459 e. The number of amides is 1. The van der Waals surface area contributed by atoms with Gasteiger partial charge in [0.2, 0.25) is 0 Å². The fourth-order valence-electron chi connectivity index (χ4n) is 3.26. The van der Waals surface area contributed by atoms with E-state index in [1.807, 2.05) is 18.2 Å². The molecular formula is C22H18ClFN2O3. The van der Waals surface area contributed by atoms with Crippen molar-refractivity contribution in [3.63, 3.8) is 0 Å². The molecule has 1 aliphatic heterocycles. The Kier molecular flexibility index (Phi) is 5.62. The van der Waals surface area contributed by atoms with E-state index >= 15 is 0 Å². The number of hydrogen-bond acceptors (Lipinski definition) is 4. The van der Waals surface area contributed by atoms with Crippen LogP contribution >= 0.6 is 11.6 Å². The number of nitrogens with zero attached hydrogens (tertiary/aromatic N) is 2. The van der Waals surface area contributed by atoms with Crippen molar-refractivity contribution in [1.29, 1.82) is 0 Å². The van der Waals surface area contributed by atoms with Gasteiger partial charge in [-0.2, -0.15) is 0 Å². The molecule has 29 heavy (non-hydrogen) atoms. The van der Waals surface area contributed by atoms with Gasteiger partial charge >= 0.3 is 0 Å². The smallest absolute Gasteiger partial charge is 0.289 e. The Hall–Kier alpha value is -3.12. The predicted octanol–water partition coefficient (Wildman–Crippen LogP) is 4.91. The summed E-state index contributed by atoms with van der Waals surface area (Å²) in [5, 5.41) is 4.75. The molecule has 0 saturated heterocycles. The molecule has 1 atom stereocenters. The third-order valence-corrected chi connectivity index (χ3v) is 4.95. The first-order chi connectivity index (χ1) is 14.1. The van der Waals surface area contributed by atoms with Crippen molar-refractivity contribution in [1.82, 2.24) is 4.90 Å². The summed E-state index contributed by atoms with van der Waals surface area (Å²) in [6, 6.07) is 16.8. The monoisotopic (exact) mass is 412 g/mol. The maximum Gasteiger partial charge on any atom is 0.289 e. The van der Waals surface area contributed by atoms with Gasteiger partial charge in [0.25, 0.3) is 5.91 Å². The molecule has 1 aromatic heterocycles. The van der Waals surface area contributed by atoms with E-state index in [0.717, 1.165) is 11.3 Å². The molecular weight excluding hydrogens is 395 g/mol. The Balaban J connectivity index is 1.50. The number of carbonyl (C=O) groups excluding carboxylic acids is 1. The highest BCUT2D eigenvalue weighted by Crippen LogP contribution is 2.24. The first-order valence-electron chi connectivity index (χ1n) is 9.15. The Morgan fingerprint density at radius 1 is 1.17 bits per heavy atom. The number of oxime groups is 1. The van der Waals surface area contributed by atoms with Gasteiger partial charge in [0.1, 0.15) is 5.82 Å². The molecule has 2 heterocycles. The summed E-state index contributed by atoms with van der Waals surface area (Å²) in [7, 11) is 0. The number of carbonyl (C=O) groups is 1. The van der Waals surface area contributed by atoms with Crippen molar-refractivity contribution in [3.05, 3.63) is 94.7 Å². The van der Waals surface area contributed by atoms with Crippen LogP contribution in [0.15, 0.2) is 76.5 Å². The molecule has 5 nitrogen and oxygen atoms in total. The Morgan fingerprint density at radius 3 is 2.79 bits per heavy atom. The third-order valence-electron chi connectivity index (χ3n) is 4.62. The van der Waals surface area contributed by atoms with Crippen LogP contribution in [0.25, 0.3) is 0 Å². The second-order valence-corrected chi connectivity index (χ2v) is 7.15. The zero-order chi connectivity index (χ0) is 20.2. The van der Waals surface area contributed by atoms with Crippen LogP contribution in [0.4, 0.5) is 4.39 Å². The van der Waals surface area contributed by atoms with Crippen molar-refractivity contribution in [2.75, 3.05) is 6.54 Å². The molecule has 7 heteroatoms. The summed E-state index contributed by atoms with van der Waals surface area (Å²) >= 11 is 6.25. The zero-order valence-corrected chi connectivity index (χ0v) is 16.2. The quantitative estimate of drug-likeness (QED) is 0.578. The van der Waals surface area contributed by atoms with Gasteiger partial charge in [0.05, 0.1) is 18.5 Å². The van der Waals surface area contributed by atoms with Crippen LogP contribution in [-0.4, -0.2) is 29.2 Å². The first kappa shape index (κ1) is 19.2. The molecule has 1 aliphatic rings. The fourth-order valence-corrected chi connectivity index (χ4v) is 3.50. The van der Waals surface area contributed by atoms with Gasteiger partial charge < -0.3 is 14.2 Å². The summed E-state index contributed by atoms with van der Waals surface area (Å²) in [5.74, 6) is -0.435. The number of furan rings is 1. The fraction of sp³-hybridized carbons (Fsp3) is 0.182. The summed E-state index contributed by atoms with van der Waals surface area (Å²) in [5.41, 5.74) is 2.22. The average Bonchev–Trinajstić information content (AvgIpc) is 3.40. The normalized spacial score (nSPS) is 15.7. The van der Waals surface area contributed by atoms with E-state index in [1.165, 1.54) is 18.4 Å². The lowest BCUT2D eigenvalue weighted by Gasteiger charge is -2.24. The maximum absolute atomic E-state index is 13.6. The van der Waals surface area contributed by atoms with E-state index in [4.69, 9.17) is 20.9 Å². The summed E-state index contributed by atoms with van der Waals surface area (Å²) < 4.78 is 18.9. The average molecular weight is 413 g/mol. The topological polar surface area (TPSA) is 55.0 Å². The molecule has 0 N–H and O–H groups in total. The molecule has 0 radical (unpaired) electrons. The number of rotatable bonds is 6. The lowest BCUT2D eigenvalue weighted by molar-refractivity contribution is 0.0387. The van der Waals surface area contributed by atoms with Crippen LogP contribution < -0.4 is 0 Å². The highest BCUT2D eigenvalue weighted by Gasteiger charge is 2.29. The largest absolute Gasteiger partial charge is 0.459 e. The van der Waals surface area contributed by atoms with Crippen LogP contribution in [0.5, 0.6) is 0 Å². The number of halogens is 2. The Labute approximate surface area is 172 Å². The minimum atomic E-state index is -0.352. The van der Waals surface area contributed by atoms with Crippen LogP contribution in [0.3, 0.4) is 0 Å². The molecule has 0 unspecified atom stereocenters. The van der Waals surface area contributed by atoms with Crippen molar-refractivity contribution < 1.29 is 18.4 Å². The van der Waals surface area contributed by atoms with E-state index in [9.17, 15) is 9.18 Å². The summed E-state index contributed by atoms with van der Waals surface area (Å²) in [4.78, 5) is 20.1. The van der Waals surface area contributed by atoms with Crippen molar-refractivity contribution in [2.45, 2.75) is 19.1 Å². The van der Waals surface area contributed by atoms with Crippen molar-refractivity contribution >= 4 is 23.2 Å². The third kappa shape index (κ3) is 4.49. The molecule has 4 rings (SSSR count). The zero-order valence-electron chi connectivity index (χ0n) is 15.4. The molecule has 0 fully saturated rings. The van der Waals surface area contributed by atoms with Crippen LogP contribution in [-0.2, 0) is 11.4 Å². The minimum absolute atomic E-state index is 0.214. The predicted molar refractivity (Wildman–Crippen MR) is 107 cm³/mol. The van der Waals surface area contributed by atoms with Gasteiger partial charge in [-0.15, -0.1) is 0 Å². The van der Waals surface area contributed by atoms with Crippen molar-refractivity contribution in [2.24, 2.45) is 5.16 Å². The van der Waals surface area contributed by atoms with Gasteiger partial charge in [0, 0.05) is 23.6 Å². The standard InChI is InChI=1S/C22H18ClFN2O3/c23-19-8-2-1-7-18(19)20-12-17(29-25-20)14-26(22(27)21-9-4-10-28-21)13-15-5-3-6-16(24)11-15/h1-11,17H,12-14H2/t17-/m0/s1. The maximum atomic E-state index is 13.6. The lowest BCUT2D eigenvalue weighted by Crippen LogP contribution is -2.37. The first-order valence-corrected chi connectivity index (χ1v) is 9.53. The molecule has 0 bridgehead atoms. The van der Waals surface area contributed by atoms with Gasteiger partial charge in [-0.3, -0.25) is 4.79 Å². The van der Waals surface area contributed by atoms with E-state index in [1.54, 1.807) is 35.2 Å². The highest BCUT2D eigenvalue weighted by atomic mass is 35.5. The van der Waals surface area contributed by atoms with Gasteiger partial charge in [-0.1, -0.05) is 47.1 Å². The van der Waals surface area contributed by atoms with Crippen LogP contribution in [0.2, 0.25) is 5.02 Å². The SMILES string of the molecule is O=C(c1ccco1)N(Cc1cccc(F)c1)C[C@@H]1CC(c2ccccc2Cl)=NO1. The Bertz CT molecular complexity index is 1040. The van der Waals surface area contributed by atoms with E-state index in [-0.39, 0.29) is 36.7 Å². The second-order valence-electron chi connectivity index (χ2n) is 6.74. The second kappa shape index (κ2) is 8.49. The molecule has 3 aromatic rings. The van der Waals surface area contributed by atoms with E-state index < -0.39 is 0 Å². The van der Waals surface area contributed by atoms with Gasteiger partial charge in [-0.05, 0) is 35.9 Å². The molecule has 1 amide bonds. The highest BCUT2D eigenvalue weighted by molar-refractivity contribution is 6.34. The van der Waals surface area contributed by atoms with E-state index in [0.29, 0.717) is 17.0 Å². The number of hydrogen-bond donors (Lipinski definition) is 0. The lowest BCUT2D eigenvalue weighted by atomic mass is 10.0. The van der Waals surface area contributed by atoms with Gasteiger partial charge in [-0.25, -0.2) is 4.39 Å². The van der Waals surface area contributed by atoms with Crippen LogP contribution in [0.1, 0.15) is 28.1 Å². The molecule has 148 valence electrons. The number of benzene rings is 2. The van der Waals surface area contributed by atoms with Crippen LogP contribution in [0, 0.1) is 5.82 Å². The van der Waals surface area contributed by atoms with Crippen molar-refractivity contribution in [3.8, 4) is 0 Å². The molecule has 0 saturated carbocycles. The van der Waals surface area contributed by atoms with Gasteiger partial charge in [0.15, 0.2) is 11.9 Å². The summed E-state index contributed by atoms with van der Waals surface area (Å²) in [6.07, 6.45) is 1.61. The molecule has 0 aliphatic carbocycles. The van der Waals surface area contributed by atoms with E-state index in [2.05, 4.69) is 5.16 Å². The molecule has 2 aromatic carbocycles. The Morgan fingerprint density at radius 2 is 2.03 bits per heavy atom.